The Morgan fingerprint density at radius 2 is 1.61 bits per heavy atom. The van der Waals surface area contributed by atoms with Gasteiger partial charge >= 0.3 is 0 Å². The molecule has 2 aromatic carbocycles. The molecule has 2 heterocycles. The zero-order valence-electron chi connectivity index (χ0n) is 17.9. The SMILES string of the molecule is CCOc1ccc(C(=O)N2CCN(c3ccccc3)CC2)cc1S(=O)(=O)N1CCCC1. The summed E-state index contributed by atoms with van der Waals surface area (Å²) in [7, 11) is -3.69. The second kappa shape index (κ2) is 9.28. The standard InChI is InChI=1S/C23H29N3O4S/c1-2-30-21-11-10-19(18-22(21)31(28,29)26-12-6-7-13-26)23(27)25-16-14-24(15-17-25)20-8-4-3-5-9-20/h3-5,8-11,18H,2,6-7,12-17H2,1H3. The fraction of sp³-hybridized carbons (Fsp3) is 0.435. The van der Waals surface area contributed by atoms with Crippen LogP contribution < -0.4 is 9.64 Å². The normalized spacial score (nSPS) is 17.7. The van der Waals surface area contributed by atoms with Gasteiger partial charge in [0.25, 0.3) is 5.91 Å². The number of hydrogen-bond acceptors (Lipinski definition) is 5. The summed E-state index contributed by atoms with van der Waals surface area (Å²) in [5, 5.41) is 0. The van der Waals surface area contributed by atoms with Gasteiger partial charge in [-0.15, -0.1) is 0 Å². The molecule has 2 aliphatic heterocycles. The summed E-state index contributed by atoms with van der Waals surface area (Å²) >= 11 is 0. The first-order chi connectivity index (χ1) is 15.0. The van der Waals surface area contributed by atoms with Gasteiger partial charge in [-0.1, -0.05) is 18.2 Å². The molecule has 1 amide bonds. The molecule has 2 saturated heterocycles. The smallest absolute Gasteiger partial charge is 0.254 e. The number of nitrogens with zero attached hydrogens (tertiary/aromatic N) is 3. The third-order valence-corrected chi connectivity index (χ3v) is 7.78. The van der Waals surface area contributed by atoms with E-state index in [-0.39, 0.29) is 10.8 Å². The number of piperazine rings is 1. The molecular formula is C23H29N3O4S. The molecule has 0 N–H and O–H groups in total. The van der Waals surface area contributed by atoms with E-state index in [1.165, 1.54) is 10.4 Å². The van der Waals surface area contributed by atoms with E-state index in [2.05, 4.69) is 17.0 Å². The molecule has 0 radical (unpaired) electrons. The van der Waals surface area contributed by atoms with Crippen molar-refractivity contribution in [3.05, 3.63) is 54.1 Å². The van der Waals surface area contributed by atoms with E-state index in [9.17, 15) is 13.2 Å². The maximum atomic E-state index is 13.2. The number of ether oxygens (including phenoxy) is 1. The zero-order valence-corrected chi connectivity index (χ0v) is 18.7. The van der Waals surface area contributed by atoms with Crippen molar-refractivity contribution in [3.63, 3.8) is 0 Å². The first-order valence-electron chi connectivity index (χ1n) is 10.9. The first-order valence-corrected chi connectivity index (χ1v) is 12.3. The van der Waals surface area contributed by atoms with Gasteiger partial charge < -0.3 is 14.5 Å². The summed E-state index contributed by atoms with van der Waals surface area (Å²) in [6, 6.07) is 14.9. The number of anilines is 1. The molecule has 0 aromatic heterocycles. The van der Waals surface area contributed by atoms with Crippen molar-refractivity contribution < 1.29 is 17.9 Å². The molecule has 31 heavy (non-hydrogen) atoms. The van der Waals surface area contributed by atoms with Crippen LogP contribution in [0.3, 0.4) is 0 Å². The number of rotatable bonds is 6. The van der Waals surface area contributed by atoms with Crippen LogP contribution in [-0.4, -0.2) is 69.4 Å². The highest BCUT2D eigenvalue weighted by Crippen LogP contribution is 2.30. The quantitative estimate of drug-likeness (QED) is 0.687. The zero-order chi connectivity index (χ0) is 21.8. The van der Waals surface area contributed by atoms with Crippen LogP contribution in [0.25, 0.3) is 0 Å². The summed E-state index contributed by atoms with van der Waals surface area (Å²) in [6.07, 6.45) is 1.71. The molecule has 2 aliphatic rings. The molecule has 7 nitrogen and oxygen atoms in total. The van der Waals surface area contributed by atoms with Crippen molar-refractivity contribution in [3.8, 4) is 5.75 Å². The maximum Gasteiger partial charge on any atom is 0.254 e. The predicted molar refractivity (Wildman–Crippen MR) is 120 cm³/mol. The van der Waals surface area contributed by atoms with Gasteiger partial charge in [0.05, 0.1) is 6.61 Å². The topological polar surface area (TPSA) is 70.2 Å². The molecule has 0 unspecified atom stereocenters. The summed E-state index contributed by atoms with van der Waals surface area (Å²) in [5.74, 6) is 0.161. The summed E-state index contributed by atoms with van der Waals surface area (Å²) < 4.78 is 33.5. The Labute approximate surface area is 184 Å². The van der Waals surface area contributed by atoms with Gasteiger partial charge in [0.2, 0.25) is 10.0 Å². The average molecular weight is 444 g/mol. The van der Waals surface area contributed by atoms with Crippen LogP contribution in [0.2, 0.25) is 0 Å². The number of hydrogen-bond donors (Lipinski definition) is 0. The Morgan fingerprint density at radius 1 is 0.935 bits per heavy atom. The predicted octanol–water partition coefficient (Wildman–Crippen LogP) is 2.83. The molecule has 8 heteroatoms. The lowest BCUT2D eigenvalue weighted by Crippen LogP contribution is -2.48. The first kappa shape index (κ1) is 21.6. The average Bonchev–Trinajstić information content (AvgIpc) is 3.36. The van der Waals surface area contributed by atoms with Crippen LogP contribution in [-0.2, 0) is 10.0 Å². The van der Waals surface area contributed by atoms with Gasteiger partial charge in [0.1, 0.15) is 10.6 Å². The molecule has 0 bridgehead atoms. The summed E-state index contributed by atoms with van der Waals surface area (Å²) in [5.41, 5.74) is 1.53. The number of carbonyl (C=O) groups excluding carboxylic acids is 1. The number of amides is 1. The third kappa shape index (κ3) is 4.55. The molecule has 2 fully saturated rings. The lowest BCUT2D eigenvalue weighted by Gasteiger charge is -2.36. The van der Waals surface area contributed by atoms with Crippen molar-refractivity contribution in [2.75, 3.05) is 50.8 Å². The Hall–Kier alpha value is -2.58. The van der Waals surface area contributed by atoms with Crippen molar-refractivity contribution in [1.29, 1.82) is 0 Å². The van der Waals surface area contributed by atoms with Gasteiger partial charge in [-0.3, -0.25) is 4.79 Å². The van der Waals surface area contributed by atoms with E-state index in [1.807, 2.05) is 25.1 Å². The lowest BCUT2D eigenvalue weighted by atomic mass is 10.1. The van der Waals surface area contributed by atoms with E-state index in [0.29, 0.717) is 44.1 Å². The van der Waals surface area contributed by atoms with E-state index >= 15 is 0 Å². The molecule has 0 saturated carbocycles. The second-order valence-electron chi connectivity index (χ2n) is 7.82. The number of sulfonamides is 1. The molecule has 166 valence electrons. The molecule has 4 rings (SSSR count). The third-order valence-electron chi connectivity index (χ3n) is 5.86. The molecule has 0 spiro atoms. The second-order valence-corrected chi connectivity index (χ2v) is 9.73. The van der Waals surface area contributed by atoms with E-state index in [4.69, 9.17) is 4.74 Å². The highest BCUT2D eigenvalue weighted by Gasteiger charge is 2.31. The van der Waals surface area contributed by atoms with Crippen molar-refractivity contribution in [2.45, 2.75) is 24.7 Å². The molecule has 0 aliphatic carbocycles. The maximum absolute atomic E-state index is 13.2. The highest BCUT2D eigenvalue weighted by molar-refractivity contribution is 7.89. The fourth-order valence-electron chi connectivity index (χ4n) is 4.17. The molecular weight excluding hydrogens is 414 g/mol. The van der Waals surface area contributed by atoms with Crippen LogP contribution in [0, 0.1) is 0 Å². The molecule has 0 atom stereocenters. The van der Waals surface area contributed by atoms with Crippen LogP contribution in [0.5, 0.6) is 5.75 Å². The highest BCUT2D eigenvalue weighted by atomic mass is 32.2. The van der Waals surface area contributed by atoms with E-state index in [0.717, 1.165) is 31.6 Å². The van der Waals surface area contributed by atoms with Crippen LogP contribution in [0.4, 0.5) is 5.69 Å². The Bertz CT molecular complexity index is 1010. The van der Waals surface area contributed by atoms with Crippen molar-refractivity contribution in [2.24, 2.45) is 0 Å². The van der Waals surface area contributed by atoms with Gasteiger partial charge in [-0.25, -0.2) is 8.42 Å². The fourth-order valence-corrected chi connectivity index (χ4v) is 5.85. The van der Waals surface area contributed by atoms with Gasteiger partial charge in [-0.2, -0.15) is 4.31 Å². The Morgan fingerprint density at radius 3 is 2.26 bits per heavy atom. The van der Waals surface area contributed by atoms with E-state index in [1.54, 1.807) is 17.0 Å². The van der Waals surface area contributed by atoms with Crippen LogP contribution in [0.1, 0.15) is 30.1 Å². The summed E-state index contributed by atoms with van der Waals surface area (Å²) in [4.78, 5) is 17.3. The minimum atomic E-state index is -3.69. The molecule has 2 aromatic rings. The van der Waals surface area contributed by atoms with Crippen molar-refractivity contribution >= 4 is 21.6 Å². The van der Waals surface area contributed by atoms with Gasteiger partial charge in [-0.05, 0) is 50.1 Å². The van der Waals surface area contributed by atoms with Crippen molar-refractivity contribution in [1.82, 2.24) is 9.21 Å². The lowest BCUT2D eigenvalue weighted by molar-refractivity contribution is 0.0746. The minimum Gasteiger partial charge on any atom is -0.492 e. The minimum absolute atomic E-state index is 0.0880. The Kier molecular flexibility index (Phi) is 6.48. The number of benzene rings is 2. The largest absolute Gasteiger partial charge is 0.492 e. The number of carbonyl (C=O) groups is 1. The monoisotopic (exact) mass is 443 g/mol. The van der Waals surface area contributed by atoms with Crippen LogP contribution >= 0.6 is 0 Å². The number of para-hydroxylation sites is 1. The van der Waals surface area contributed by atoms with Crippen LogP contribution in [0.15, 0.2) is 53.4 Å². The van der Waals surface area contributed by atoms with Gasteiger partial charge in [0.15, 0.2) is 0 Å². The van der Waals surface area contributed by atoms with Gasteiger partial charge in [0, 0.05) is 50.5 Å². The Balaban J connectivity index is 1.53. The summed E-state index contributed by atoms with van der Waals surface area (Å²) in [6.45, 7) is 5.86. The van der Waals surface area contributed by atoms with E-state index < -0.39 is 10.0 Å².